The number of benzene rings is 2. The lowest BCUT2D eigenvalue weighted by molar-refractivity contribution is -0.140. The van der Waals surface area contributed by atoms with Gasteiger partial charge in [0.2, 0.25) is 0 Å². The number of ketones is 1. The van der Waals surface area contributed by atoms with Gasteiger partial charge in [0, 0.05) is 25.6 Å². The number of ether oxygens (including phenoxy) is 1. The molecule has 0 radical (unpaired) electrons. The van der Waals surface area contributed by atoms with Crippen LogP contribution in [0.3, 0.4) is 0 Å². The summed E-state index contributed by atoms with van der Waals surface area (Å²) in [6.07, 6.45) is 0.852. The SMILES string of the molecule is CCc1ccc(/C(O)=C2/C(=O)C(=O)N(CCN(C)C)C2c2ccc(OC(C)=O)cc2)cc1. The van der Waals surface area contributed by atoms with Gasteiger partial charge >= 0.3 is 5.97 Å². The van der Waals surface area contributed by atoms with Crippen LogP contribution in [0.25, 0.3) is 5.76 Å². The summed E-state index contributed by atoms with van der Waals surface area (Å²) < 4.78 is 5.09. The number of esters is 1. The van der Waals surface area contributed by atoms with E-state index in [1.54, 1.807) is 36.4 Å². The fraction of sp³-hybridized carbons (Fsp3) is 0.320. The van der Waals surface area contributed by atoms with Crippen LogP contribution in [0.5, 0.6) is 5.75 Å². The molecule has 7 nitrogen and oxygen atoms in total. The molecule has 7 heteroatoms. The van der Waals surface area contributed by atoms with Crippen LogP contribution in [-0.2, 0) is 20.8 Å². The summed E-state index contributed by atoms with van der Waals surface area (Å²) in [5, 5.41) is 11.1. The summed E-state index contributed by atoms with van der Waals surface area (Å²) in [6.45, 7) is 4.22. The molecule has 2 aromatic carbocycles. The third kappa shape index (κ3) is 4.89. The molecule has 1 unspecified atom stereocenters. The third-order valence-electron chi connectivity index (χ3n) is 5.42. The molecule has 1 N–H and O–H groups in total. The van der Waals surface area contributed by atoms with Crippen molar-refractivity contribution in [3.05, 3.63) is 70.8 Å². The monoisotopic (exact) mass is 436 g/mol. The largest absolute Gasteiger partial charge is 0.507 e. The van der Waals surface area contributed by atoms with Gasteiger partial charge in [0.15, 0.2) is 0 Å². The minimum absolute atomic E-state index is 0.0539. The Labute approximate surface area is 187 Å². The van der Waals surface area contributed by atoms with Crippen LogP contribution in [-0.4, -0.2) is 59.8 Å². The van der Waals surface area contributed by atoms with Crippen molar-refractivity contribution in [2.45, 2.75) is 26.3 Å². The number of aliphatic hydroxyl groups is 1. The Bertz CT molecular complexity index is 1040. The smallest absolute Gasteiger partial charge is 0.308 e. The molecule has 0 saturated carbocycles. The van der Waals surface area contributed by atoms with Crippen molar-refractivity contribution in [1.29, 1.82) is 0 Å². The van der Waals surface area contributed by atoms with E-state index in [4.69, 9.17) is 4.74 Å². The summed E-state index contributed by atoms with van der Waals surface area (Å²) in [5.74, 6) is -1.64. The molecular weight excluding hydrogens is 408 g/mol. The molecule has 0 aromatic heterocycles. The fourth-order valence-corrected chi connectivity index (χ4v) is 3.70. The van der Waals surface area contributed by atoms with Gasteiger partial charge in [0.1, 0.15) is 11.5 Å². The molecule has 1 heterocycles. The number of hydrogen-bond acceptors (Lipinski definition) is 6. The molecule has 1 aliphatic heterocycles. The normalized spacial score (nSPS) is 17.8. The van der Waals surface area contributed by atoms with Crippen LogP contribution in [0, 0.1) is 0 Å². The lowest BCUT2D eigenvalue weighted by Gasteiger charge is -2.26. The van der Waals surface area contributed by atoms with Gasteiger partial charge in [-0.1, -0.05) is 43.3 Å². The molecule has 1 saturated heterocycles. The number of carbonyl (C=O) groups is 3. The zero-order valence-electron chi connectivity index (χ0n) is 18.8. The molecule has 0 aliphatic carbocycles. The minimum atomic E-state index is -0.743. The van der Waals surface area contributed by atoms with E-state index in [1.807, 2.05) is 38.1 Å². The van der Waals surface area contributed by atoms with E-state index in [1.165, 1.54) is 11.8 Å². The Kier molecular flexibility index (Phi) is 7.10. The summed E-state index contributed by atoms with van der Waals surface area (Å²) in [4.78, 5) is 40.5. The van der Waals surface area contributed by atoms with Crippen LogP contribution in [0.4, 0.5) is 0 Å². The van der Waals surface area contributed by atoms with Gasteiger partial charge in [-0.25, -0.2) is 0 Å². The van der Waals surface area contributed by atoms with Gasteiger partial charge in [0.25, 0.3) is 11.7 Å². The van der Waals surface area contributed by atoms with E-state index in [0.29, 0.717) is 30.0 Å². The van der Waals surface area contributed by atoms with Gasteiger partial charge in [-0.2, -0.15) is 0 Å². The number of likely N-dealkylation sites (N-methyl/N-ethyl adjacent to an activating group) is 1. The first-order valence-corrected chi connectivity index (χ1v) is 10.5. The number of amides is 1. The highest BCUT2D eigenvalue weighted by Gasteiger charge is 2.45. The second kappa shape index (κ2) is 9.78. The molecule has 0 spiro atoms. The lowest BCUT2D eigenvalue weighted by Crippen LogP contribution is -2.35. The number of hydrogen-bond donors (Lipinski definition) is 1. The van der Waals surface area contributed by atoms with E-state index in [0.717, 1.165) is 12.0 Å². The number of Topliss-reactive ketones (excluding diaryl/α,β-unsaturated/α-hetero) is 1. The van der Waals surface area contributed by atoms with Crippen LogP contribution in [0.2, 0.25) is 0 Å². The Morgan fingerprint density at radius 2 is 1.69 bits per heavy atom. The van der Waals surface area contributed by atoms with Gasteiger partial charge < -0.3 is 19.6 Å². The highest BCUT2D eigenvalue weighted by molar-refractivity contribution is 6.46. The molecule has 32 heavy (non-hydrogen) atoms. The van der Waals surface area contributed by atoms with Crippen molar-refractivity contribution in [2.24, 2.45) is 0 Å². The standard InChI is InChI=1S/C25H28N2O5/c1-5-17-6-8-19(9-7-17)23(29)21-22(18-10-12-20(13-11-18)32-16(2)28)27(15-14-26(3)4)25(31)24(21)30/h6-13,22,29H,5,14-15H2,1-4H3/b23-21-. The number of likely N-dealkylation sites (tertiary alicyclic amines) is 1. The van der Waals surface area contributed by atoms with E-state index < -0.39 is 23.7 Å². The zero-order valence-corrected chi connectivity index (χ0v) is 18.8. The van der Waals surface area contributed by atoms with Crippen molar-refractivity contribution in [1.82, 2.24) is 9.80 Å². The first kappa shape index (κ1) is 23.2. The number of carbonyl (C=O) groups excluding carboxylic acids is 3. The molecule has 2 aromatic rings. The summed E-state index contributed by atoms with van der Waals surface area (Å²) in [6, 6.07) is 13.2. The average Bonchev–Trinajstić information content (AvgIpc) is 3.02. The van der Waals surface area contributed by atoms with E-state index in [-0.39, 0.29) is 11.3 Å². The van der Waals surface area contributed by atoms with E-state index in [9.17, 15) is 19.5 Å². The Hall–Kier alpha value is -3.45. The molecule has 3 rings (SSSR count). The second-order valence-electron chi connectivity index (χ2n) is 8.01. The highest BCUT2D eigenvalue weighted by atomic mass is 16.5. The predicted octanol–water partition coefficient (Wildman–Crippen LogP) is 3.16. The van der Waals surface area contributed by atoms with Crippen molar-refractivity contribution in [3.63, 3.8) is 0 Å². The zero-order chi connectivity index (χ0) is 23.4. The first-order chi connectivity index (χ1) is 15.2. The van der Waals surface area contributed by atoms with Crippen molar-refractivity contribution < 1.29 is 24.2 Å². The Morgan fingerprint density at radius 3 is 2.22 bits per heavy atom. The highest BCUT2D eigenvalue weighted by Crippen LogP contribution is 2.39. The quantitative estimate of drug-likeness (QED) is 0.236. The Morgan fingerprint density at radius 1 is 1.06 bits per heavy atom. The maximum atomic E-state index is 13.0. The van der Waals surface area contributed by atoms with E-state index >= 15 is 0 Å². The molecular formula is C25H28N2O5. The molecule has 168 valence electrons. The minimum Gasteiger partial charge on any atom is -0.507 e. The van der Waals surface area contributed by atoms with Gasteiger partial charge in [-0.05, 0) is 43.8 Å². The summed E-state index contributed by atoms with van der Waals surface area (Å²) in [7, 11) is 3.77. The maximum Gasteiger partial charge on any atom is 0.308 e. The average molecular weight is 437 g/mol. The molecule has 1 atom stereocenters. The number of rotatable bonds is 7. The van der Waals surface area contributed by atoms with Gasteiger partial charge in [0.05, 0.1) is 11.6 Å². The number of aryl methyl sites for hydroxylation is 1. The van der Waals surface area contributed by atoms with Gasteiger partial charge in [-0.3, -0.25) is 14.4 Å². The fourth-order valence-electron chi connectivity index (χ4n) is 3.70. The maximum absolute atomic E-state index is 13.0. The van der Waals surface area contributed by atoms with E-state index in [2.05, 4.69) is 0 Å². The number of aliphatic hydroxyl groups excluding tert-OH is 1. The molecule has 1 aliphatic rings. The summed E-state index contributed by atoms with van der Waals surface area (Å²) in [5.41, 5.74) is 2.28. The Balaban J connectivity index is 2.08. The van der Waals surface area contributed by atoms with Crippen molar-refractivity contribution >= 4 is 23.4 Å². The third-order valence-corrected chi connectivity index (χ3v) is 5.42. The molecule has 0 bridgehead atoms. The van der Waals surface area contributed by atoms with Crippen LogP contribution < -0.4 is 4.74 Å². The summed E-state index contributed by atoms with van der Waals surface area (Å²) >= 11 is 0. The predicted molar refractivity (Wildman–Crippen MR) is 121 cm³/mol. The van der Waals surface area contributed by atoms with Crippen molar-refractivity contribution in [3.8, 4) is 5.75 Å². The van der Waals surface area contributed by atoms with Crippen LogP contribution in [0.1, 0.15) is 36.6 Å². The van der Waals surface area contributed by atoms with Gasteiger partial charge in [-0.15, -0.1) is 0 Å². The van der Waals surface area contributed by atoms with Crippen LogP contribution in [0.15, 0.2) is 54.1 Å². The number of nitrogens with zero attached hydrogens (tertiary/aromatic N) is 2. The molecule has 1 amide bonds. The first-order valence-electron chi connectivity index (χ1n) is 10.5. The lowest BCUT2D eigenvalue weighted by atomic mass is 9.95. The van der Waals surface area contributed by atoms with Crippen molar-refractivity contribution in [2.75, 3.05) is 27.2 Å². The molecule has 1 fully saturated rings. The topological polar surface area (TPSA) is 87.2 Å². The second-order valence-corrected chi connectivity index (χ2v) is 8.01. The van der Waals surface area contributed by atoms with Crippen LogP contribution >= 0.6 is 0 Å².